The second-order valence-corrected chi connectivity index (χ2v) is 5.65. The molecule has 6 heteroatoms. The molecule has 0 aliphatic heterocycles. The number of aromatic nitrogens is 3. The molecule has 0 radical (unpaired) electrons. The minimum absolute atomic E-state index is 0.0280. The van der Waals surface area contributed by atoms with Gasteiger partial charge in [0.05, 0.1) is 12.2 Å². The van der Waals surface area contributed by atoms with E-state index < -0.39 is 0 Å². The van der Waals surface area contributed by atoms with Gasteiger partial charge in [0.1, 0.15) is 5.82 Å². The van der Waals surface area contributed by atoms with Crippen LogP contribution in [0.2, 0.25) is 0 Å². The predicted molar refractivity (Wildman–Crippen MR) is 98.1 cm³/mol. The molecule has 3 aromatic rings. The summed E-state index contributed by atoms with van der Waals surface area (Å²) in [6.07, 6.45) is 1.75. The maximum atomic E-state index is 11.5. The maximum Gasteiger partial charge on any atom is 0.225 e. The highest BCUT2D eigenvalue weighted by atomic mass is 16.1. The number of carbonyl (C=O) groups is 1. The van der Waals surface area contributed by atoms with Crippen LogP contribution in [0.15, 0.2) is 54.7 Å². The normalized spacial score (nSPS) is 10.3. The fraction of sp³-hybridized carbons (Fsp3) is 0.158. The Morgan fingerprint density at radius 1 is 1.08 bits per heavy atom. The van der Waals surface area contributed by atoms with Crippen LogP contribution in [0, 0.1) is 6.92 Å². The Kier molecular flexibility index (Phi) is 4.99. The zero-order valence-electron chi connectivity index (χ0n) is 14.2. The molecule has 3 rings (SSSR count). The lowest BCUT2D eigenvalue weighted by atomic mass is 10.1. The van der Waals surface area contributed by atoms with E-state index in [1.54, 1.807) is 25.3 Å². The molecule has 6 nitrogen and oxygen atoms in total. The van der Waals surface area contributed by atoms with E-state index in [1.807, 2.05) is 43.3 Å². The number of nitrogens with one attached hydrogen (secondary N) is 2. The summed E-state index contributed by atoms with van der Waals surface area (Å²) in [5.74, 6) is 1.22. The molecule has 25 heavy (non-hydrogen) atoms. The van der Waals surface area contributed by atoms with Crippen molar-refractivity contribution in [1.29, 1.82) is 0 Å². The van der Waals surface area contributed by atoms with Gasteiger partial charge in [-0.1, -0.05) is 18.2 Å². The van der Waals surface area contributed by atoms with Crippen LogP contribution in [0.25, 0.3) is 0 Å². The molecule has 1 aromatic carbocycles. The summed E-state index contributed by atoms with van der Waals surface area (Å²) < 4.78 is 0. The van der Waals surface area contributed by atoms with Crippen molar-refractivity contribution in [1.82, 2.24) is 15.0 Å². The van der Waals surface area contributed by atoms with Gasteiger partial charge in [-0.05, 0) is 38.1 Å². The van der Waals surface area contributed by atoms with Crippen molar-refractivity contribution >= 4 is 23.2 Å². The largest absolute Gasteiger partial charge is 0.349 e. The van der Waals surface area contributed by atoms with Crippen LogP contribution in [0.4, 0.5) is 17.5 Å². The highest BCUT2D eigenvalue weighted by Crippen LogP contribution is 2.18. The number of hydrogen-bond donors (Lipinski definition) is 2. The lowest BCUT2D eigenvalue weighted by Gasteiger charge is -2.10. The molecule has 126 valence electrons. The Morgan fingerprint density at radius 3 is 2.72 bits per heavy atom. The van der Waals surface area contributed by atoms with Gasteiger partial charge in [-0.3, -0.25) is 9.78 Å². The highest BCUT2D eigenvalue weighted by molar-refractivity contribution is 5.95. The van der Waals surface area contributed by atoms with E-state index in [2.05, 4.69) is 25.6 Å². The minimum atomic E-state index is 0.0280. The number of anilines is 3. The molecule has 0 aliphatic rings. The quantitative estimate of drug-likeness (QED) is 0.669. The van der Waals surface area contributed by atoms with Gasteiger partial charge in [0.15, 0.2) is 5.78 Å². The van der Waals surface area contributed by atoms with E-state index in [4.69, 9.17) is 0 Å². The second kappa shape index (κ2) is 7.53. The van der Waals surface area contributed by atoms with Gasteiger partial charge in [-0.25, -0.2) is 4.98 Å². The minimum Gasteiger partial charge on any atom is -0.349 e. The fourth-order valence-corrected chi connectivity index (χ4v) is 2.35. The highest BCUT2D eigenvalue weighted by Gasteiger charge is 2.05. The molecule has 2 heterocycles. The van der Waals surface area contributed by atoms with Gasteiger partial charge >= 0.3 is 0 Å². The Balaban J connectivity index is 1.75. The second-order valence-electron chi connectivity index (χ2n) is 5.65. The Labute approximate surface area is 146 Å². The number of aryl methyl sites for hydroxylation is 1. The zero-order chi connectivity index (χ0) is 17.6. The van der Waals surface area contributed by atoms with Crippen LogP contribution >= 0.6 is 0 Å². The lowest BCUT2D eigenvalue weighted by Crippen LogP contribution is -2.07. The molecule has 0 amide bonds. The van der Waals surface area contributed by atoms with Gasteiger partial charge in [0.2, 0.25) is 5.95 Å². The van der Waals surface area contributed by atoms with Crippen LogP contribution in [0.3, 0.4) is 0 Å². The number of ketones is 1. The number of rotatable bonds is 6. The molecular weight excluding hydrogens is 314 g/mol. The summed E-state index contributed by atoms with van der Waals surface area (Å²) in [5, 5.41) is 6.40. The third-order valence-corrected chi connectivity index (χ3v) is 3.55. The molecule has 0 atom stereocenters. The summed E-state index contributed by atoms with van der Waals surface area (Å²) in [7, 11) is 0. The van der Waals surface area contributed by atoms with Crippen molar-refractivity contribution in [2.45, 2.75) is 20.4 Å². The van der Waals surface area contributed by atoms with Crippen LogP contribution in [-0.4, -0.2) is 20.7 Å². The van der Waals surface area contributed by atoms with E-state index in [1.165, 1.54) is 0 Å². The van der Waals surface area contributed by atoms with E-state index in [9.17, 15) is 4.79 Å². The van der Waals surface area contributed by atoms with Gasteiger partial charge in [-0.2, -0.15) is 4.98 Å². The molecule has 0 spiro atoms. The number of pyridine rings is 1. The van der Waals surface area contributed by atoms with Crippen molar-refractivity contribution in [3.05, 3.63) is 71.7 Å². The summed E-state index contributed by atoms with van der Waals surface area (Å²) in [5.41, 5.74) is 3.21. The van der Waals surface area contributed by atoms with Crippen LogP contribution in [0.5, 0.6) is 0 Å². The number of carbonyl (C=O) groups excluding carboxylic acids is 1. The van der Waals surface area contributed by atoms with Crippen molar-refractivity contribution in [2.75, 3.05) is 10.6 Å². The van der Waals surface area contributed by atoms with Gasteiger partial charge in [0.25, 0.3) is 0 Å². The Hall–Kier alpha value is -3.28. The summed E-state index contributed by atoms with van der Waals surface area (Å²) in [4.78, 5) is 24.6. The molecule has 2 aromatic heterocycles. The SMILES string of the molecule is CC(=O)c1cccc(Nc2cc(C)nc(NCc3ccccn3)n2)c1. The average molecular weight is 333 g/mol. The number of benzene rings is 1. The van der Waals surface area contributed by atoms with Crippen molar-refractivity contribution in [2.24, 2.45) is 0 Å². The smallest absolute Gasteiger partial charge is 0.225 e. The van der Waals surface area contributed by atoms with Crippen LogP contribution < -0.4 is 10.6 Å². The van der Waals surface area contributed by atoms with Crippen LogP contribution in [-0.2, 0) is 6.54 Å². The maximum absolute atomic E-state index is 11.5. The molecule has 0 saturated carbocycles. The first-order valence-corrected chi connectivity index (χ1v) is 7.97. The van der Waals surface area contributed by atoms with E-state index in [0.29, 0.717) is 23.9 Å². The van der Waals surface area contributed by atoms with Crippen molar-refractivity contribution < 1.29 is 4.79 Å². The number of nitrogens with zero attached hydrogens (tertiary/aromatic N) is 3. The zero-order valence-corrected chi connectivity index (χ0v) is 14.2. The van der Waals surface area contributed by atoms with Gasteiger partial charge in [-0.15, -0.1) is 0 Å². The molecule has 0 aliphatic carbocycles. The Morgan fingerprint density at radius 2 is 1.96 bits per heavy atom. The standard InChI is InChI=1S/C19H19N5O/c1-13-10-18(23-16-8-5-6-15(11-16)14(2)25)24-19(22-13)21-12-17-7-3-4-9-20-17/h3-11H,12H2,1-2H3,(H2,21,22,23,24). The number of hydrogen-bond acceptors (Lipinski definition) is 6. The van der Waals surface area contributed by atoms with E-state index in [-0.39, 0.29) is 5.78 Å². The first-order chi connectivity index (χ1) is 12.1. The van der Waals surface area contributed by atoms with E-state index in [0.717, 1.165) is 17.1 Å². The van der Waals surface area contributed by atoms with Crippen molar-refractivity contribution in [3.8, 4) is 0 Å². The molecule has 0 fully saturated rings. The molecule has 0 saturated heterocycles. The first kappa shape index (κ1) is 16.6. The fourth-order valence-electron chi connectivity index (χ4n) is 2.35. The first-order valence-electron chi connectivity index (χ1n) is 7.97. The van der Waals surface area contributed by atoms with Gasteiger partial charge < -0.3 is 10.6 Å². The topological polar surface area (TPSA) is 79.8 Å². The van der Waals surface area contributed by atoms with E-state index >= 15 is 0 Å². The monoisotopic (exact) mass is 333 g/mol. The molecular formula is C19H19N5O. The molecule has 2 N–H and O–H groups in total. The summed E-state index contributed by atoms with van der Waals surface area (Å²) in [6, 6.07) is 14.9. The van der Waals surface area contributed by atoms with Crippen LogP contribution in [0.1, 0.15) is 28.7 Å². The lowest BCUT2D eigenvalue weighted by molar-refractivity contribution is 0.101. The average Bonchev–Trinajstić information content (AvgIpc) is 2.60. The summed E-state index contributed by atoms with van der Waals surface area (Å²) >= 11 is 0. The third-order valence-electron chi connectivity index (χ3n) is 3.55. The predicted octanol–water partition coefficient (Wildman–Crippen LogP) is 3.74. The molecule has 0 unspecified atom stereocenters. The summed E-state index contributed by atoms with van der Waals surface area (Å²) in [6.45, 7) is 4.00. The molecule has 0 bridgehead atoms. The van der Waals surface area contributed by atoms with Gasteiger partial charge in [0, 0.05) is 29.2 Å². The number of Topliss-reactive ketones (excluding diaryl/α,β-unsaturated/α-hetero) is 1. The third kappa shape index (κ3) is 4.60. The van der Waals surface area contributed by atoms with Crippen molar-refractivity contribution in [3.63, 3.8) is 0 Å². The Bertz CT molecular complexity index is 880.